The van der Waals surface area contributed by atoms with E-state index < -0.39 is 5.97 Å². The van der Waals surface area contributed by atoms with Crippen LogP contribution in [0.4, 0.5) is 0 Å². The lowest BCUT2D eigenvalue weighted by molar-refractivity contribution is -0.137. The van der Waals surface area contributed by atoms with Gasteiger partial charge in [-0.2, -0.15) is 0 Å². The quantitative estimate of drug-likeness (QED) is 0.417. The molecule has 1 heterocycles. The second-order valence-corrected chi connectivity index (χ2v) is 11.1. The lowest BCUT2D eigenvalue weighted by Crippen LogP contribution is -2.63. The number of rotatable bonds is 8. The third-order valence-corrected chi connectivity index (χ3v) is 9.13. The number of carbonyl (C=O) groups is 2. The highest BCUT2D eigenvalue weighted by Crippen LogP contribution is 2.61. The topological polar surface area (TPSA) is 66.4 Å². The summed E-state index contributed by atoms with van der Waals surface area (Å²) in [4.78, 5) is 25.3. The van der Waals surface area contributed by atoms with Crippen LogP contribution < -0.4 is 5.32 Å². The Morgan fingerprint density at radius 1 is 1.23 bits per heavy atom. The van der Waals surface area contributed by atoms with Crippen molar-refractivity contribution in [1.82, 2.24) is 5.32 Å². The predicted octanol–water partition coefficient (Wildman–Crippen LogP) is 5.61. The predicted molar refractivity (Wildman–Crippen MR) is 121 cm³/mol. The van der Waals surface area contributed by atoms with Crippen LogP contribution in [0.3, 0.4) is 0 Å². The molecule has 4 aliphatic carbocycles. The number of carbonyl (C=O) groups excluding carboxylic acids is 1. The van der Waals surface area contributed by atoms with E-state index in [2.05, 4.69) is 36.7 Å². The van der Waals surface area contributed by atoms with Crippen LogP contribution >= 0.6 is 11.3 Å². The van der Waals surface area contributed by atoms with Crippen molar-refractivity contribution in [2.24, 2.45) is 23.2 Å². The number of aryl methyl sites for hydroxylation is 1. The zero-order chi connectivity index (χ0) is 21.3. The molecule has 0 aromatic carbocycles. The van der Waals surface area contributed by atoms with Gasteiger partial charge in [0.15, 0.2) is 0 Å². The van der Waals surface area contributed by atoms with Gasteiger partial charge in [-0.15, -0.1) is 11.3 Å². The maximum absolute atomic E-state index is 13.3. The Morgan fingerprint density at radius 3 is 2.80 bits per heavy atom. The van der Waals surface area contributed by atoms with E-state index in [1.165, 1.54) is 36.1 Å². The molecule has 4 atom stereocenters. The number of hydrogen-bond donors (Lipinski definition) is 2. The van der Waals surface area contributed by atoms with Gasteiger partial charge in [-0.3, -0.25) is 9.59 Å². The molecule has 0 spiro atoms. The van der Waals surface area contributed by atoms with Crippen LogP contribution in [-0.2, 0) is 17.6 Å². The summed E-state index contributed by atoms with van der Waals surface area (Å²) >= 11 is 1.76. The number of hydrogen-bond acceptors (Lipinski definition) is 3. The molecule has 0 saturated heterocycles. The van der Waals surface area contributed by atoms with Gasteiger partial charge in [-0.1, -0.05) is 26.0 Å². The molecule has 0 radical (unpaired) electrons. The van der Waals surface area contributed by atoms with Crippen molar-refractivity contribution in [1.29, 1.82) is 0 Å². The lowest BCUT2D eigenvalue weighted by Gasteiger charge is -2.62. The zero-order valence-electron chi connectivity index (χ0n) is 18.3. The molecule has 5 heteroatoms. The van der Waals surface area contributed by atoms with Crippen molar-refractivity contribution in [3.05, 3.63) is 33.5 Å². The number of carboxylic acid groups (broad SMARTS) is 1. The van der Waals surface area contributed by atoms with Gasteiger partial charge in [-0.25, -0.2) is 0 Å². The summed E-state index contributed by atoms with van der Waals surface area (Å²) in [6, 6.07) is 0.236. The normalized spacial score (nSPS) is 29.3. The van der Waals surface area contributed by atoms with E-state index in [0.29, 0.717) is 23.7 Å². The Bertz CT molecular complexity index is 824. The number of unbranched alkanes of at least 4 members (excludes halogenated alkanes) is 1. The number of allylic oxidation sites excluding steroid dienone is 2. The zero-order valence-corrected chi connectivity index (χ0v) is 19.1. The van der Waals surface area contributed by atoms with Crippen molar-refractivity contribution >= 4 is 23.2 Å². The van der Waals surface area contributed by atoms with E-state index in [1.807, 2.05) is 0 Å². The van der Waals surface area contributed by atoms with Crippen molar-refractivity contribution in [2.45, 2.75) is 84.1 Å². The van der Waals surface area contributed by atoms with Gasteiger partial charge < -0.3 is 10.4 Å². The van der Waals surface area contributed by atoms with Crippen molar-refractivity contribution in [2.75, 3.05) is 0 Å². The van der Waals surface area contributed by atoms with Crippen molar-refractivity contribution in [3.8, 4) is 0 Å². The Labute approximate surface area is 184 Å². The highest BCUT2D eigenvalue weighted by molar-refractivity contribution is 7.10. The fourth-order valence-corrected chi connectivity index (χ4v) is 7.17. The number of fused-ring (bicyclic) bond motifs is 3. The Morgan fingerprint density at radius 2 is 2.03 bits per heavy atom. The molecule has 1 amide bonds. The molecule has 1 aromatic rings. The molecule has 0 unspecified atom stereocenters. The third-order valence-electron chi connectivity index (χ3n) is 8.05. The number of thiophene rings is 1. The first-order valence-corrected chi connectivity index (χ1v) is 12.5. The van der Waals surface area contributed by atoms with Gasteiger partial charge in [0.1, 0.15) is 0 Å². The average molecular weight is 430 g/mol. The molecule has 2 N–H and O–H groups in total. The second kappa shape index (κ2) is 8.86. The second-order valence-electron chi connectivity index (χ2n) is 10.1. The van der Waals surface area contributed by atoms with Crippen LogP contribution in [0.2, 0.25) is 0 Å². The van der Waals surface area contributed by atoms with Crippen molar-refractivity contribution in [3.63, 3.8) is 0 Å². The molecular formula is C25H35NO3S. The number of amides is 1. The van der Waals surface area contributed by atoms with Gasteiger partial charge in [0.2, 0.25) is 0 Å². The molecule has 1 aromatic heterocycles. The molecule has 0 aliphatic heterocycles. The summed E-state index contributed by atoms with van der Waals surface area (Å²) in [6.07, 6.45) is 14.1. The van der Waals surface area contributed by atoms with E-state index in [1.54, 1.807) is 11.3 Å². The highest BCUT2D eigenvalue weighted by Gasteiger charge is 2.57. The third kappa shape index (κ3) is 4.23. The summed E-state index contributed by atoms with van der Waals surface area (Å²) in [5, 5.41) is 14.3. The fraction of sp³-hybridized carbons (Fsp3) is 0.680. The van der Waals surface area contributed by atoms with Crippen LogP contribution in [0.15, 0.2) is 17.5 Å². The summed E-state index contributed by atoms with van der Waals surface area (Å²) < 4.78 is 0. The Kier molecular flexibility index (Phi) is 6.38. The first-order chi connectivity index (χ1) is 14.4. The molecule has 5 rings (SSSR count). The smallest absolute Gasteiger partial charge is 0.303 e. The van der Waals surface area contributed by atoms with E-state index in [-0.39, 0.29) is 18.4 Å². The van der Waals surface area contributed by atoms with Crippen LogP contribution in [0.5, 0.6) is 0 Å². The van der Waals surface area contributed by atoms with Crippen molar-refractivity contribution < 1.29 is 14.7 Å². The molecule has 3 fully saturated rings. The SMILES string of the molecule is CC1(C)[C@H]2C[C@H](C/C=C/CCCC(=O)O)[C@@H](NC(=O)c3csc4c3CCCC4)[C@@H]1C2. The molecule has 3 saturated carbocycles. The Hall–Kier alpha value is -1.62. The van der Waals surface area contributed by atoms with Gasteiger partial charge in [0.05, 0.1) is 5.56 Å². The van der Waals surface area contributed by atoms with Gasteiger partial charge >= 0.3 is 5.97 Å². The molecule has 2 bridgehead atoms. The van der Waals surface area contributed by atoms with Gasteiger partial charge in [-0.05, 0) is 86.5 Å². The van der Waals surface area contributed by atoms with Crippen LogP contribution in [0, 0.1) is 23.2 Å². The molecule has 4 nitrogen and oxygen atoms in total. The largest absolute Gasteiger partial charge is 0.481 e. The van der Waals surface area contributed by atoms with Crippen LogP contribution in [-0.4, -0.2) is 23.0 Å². The maximum Gasteiger partial charge on any atom is 0.303 e. The maximum atomic E-state index is 13.3. The fourth-order valence-electron chi connectivity index (χ4n) is 6.04. The first kappa shape index (κ1) is 21.6. The molecule has 4 aliphatic rings. The van der Waals surface area contributed by atoms with Gasteiger partial charge in [0.25, 0.3) is 5.91 Å². The minimum atomic E-state index is -0.726. The van der Waals surface area contributed by atoms with E-state index in [4.69, 9.17) is 5.11 Å². The first-order valence-electron chi connectivity index (χ1n) is 11.6. The van der Waals surface area contributed by atoms with E-state index >= 15 is 0 Å². The monoisotopic (exact) mass is 429 g/mol. The minimum Gasteiger partial charge on any atom is -0.481 e. The standard InChI is InChI=1S/C25H35NO3S/c1-25(2)17-13-16(9-5-3-4-6-12-22(27)28)23(20(25)14-17)26-24(29)19-15-30-21-11-8-7-10-18(19)21/h3,5,15-17,20,23H,4,6-14H2,1-2H3,(H,26,29)(H,27,28)/b5-3+/t16-,17-,20-,23+/m0/s1. The van der Waals surface area contributed by atoms with Crippen LogP contribution in [0.1, 0.15) is 86.0 Å². The molecule has 30 heavy (non-hydrogen) atoms. The number of aliphatic carboxylic acids is 1. The lowest BCUT2D eigenvalue weighted by atomic mass is 9.44. The number of nitrogens with one attached hydrogen (secondary N) is 1. The van der Waals surface area contributed by atoms with Crippen LogP contribution in [0.25, 0.3) is 0 Å². The highest BCUT2D eigenvalue weighted by atomic mass is 32.1. The summed E-state index contributed by atoms with van der Waals surface area (Å²) in [5.74, 6) is 1.21. The number of carboxylic acids is 1. The summed E-state index contributed by atoms with van der Waals surface area (Å²) in [7, 11) is 0. The molecular weight excluding hydrogens is 394 g/mol. The van der Waals surface area contributed by atoms with Gasteiger partial charge in [0, 0.05) is 22.7 Å². The van der Waals surface area contributed by atoms with E-state index in [9.17, 15) is 9.59 Å². The molecule has 164 valence electrons. The Balaban J connectivity index is 1.41. The average Bonchev–Trinajstić information content (AvgIpc) is 3.15. The van der Waals surface area contributed by atoms with E-state index in [0.717, 1.165) is 37.2 Å². The summed E-state index contributed by atoms with van der Waals surface area (Å²) in [6.45, 7) is 4.74. The minimum absolute atomic E-state index is 0.135. The summed E-state index contributed by atoms with van der Waals surface area (Å²) in [5.41, 5.74) is 2.55.